The smallest absolute Gasteiger partial charge is 0.0863 e. The lowest BCUT2D eigenvalue weighted by atomic mass is 10.1. The van der Waals surface area contributed by atoms with Crippen molar-refractivity contribution in [2.75, 3.05) is 19.6 Å². The number of nitrogens with zero attached hydrogens (tertiary/aromatic N) is 1. The highest BCUT2D eigenvalue weighted by Crippen LogP contribution is 2.27. The molecule has 3 heteroatoms. The molecule has 0 bridgehead atoms. The Labute approximate surface area is 110 Å². The molecule has 0 saturated carbocycles. The van der Waals surface area contributed by atoms with E-state index in [0.717, 1.165) is 11.0 Å². The second kappa shape index (κ2) is 4.83. The van der Waals surface area contributed by atoms with Gasteiger partial charge in [0.25, 0.3) is 0 Å². The second-order valence-corrected chi connectivity index (χ2v) is 5.55. The van der Waals surface area contributed by atoms with Crippen LogP contribution in [0.25, 0.3) is 10.9 Å². The van der Waals surface area contributed by atoms with Crippen molar-refractivity contribution in [1.82, 2.24) is 9.88 Å². The van der Waals surface area contributed by atoms with E-state index in [2.05, 4.69) is 50.1 Å². The van der Waals surface area contributed by atoms with Gasteiger partial charge in [0.1, 0.15) is 0 Å². The Balaban J connectivity index is 1.81. The van der Waals surface area contributed by atoms with Crippen molar-refractivity contribution >= 4 is 26.8 Å². The number of benzene rings is 1. The lowest BCUT2D eigenvalue weighted by molar-refractivity contribution is 0.343. The molecule has 1 N–H and O–H groups in total. The molecule has 0 unspecified atom stereocenters. The Kier molecular flexibility index (Phi) is 3.21. The highest BCUT2D eigenvalue weighted by atomic mass is 79.9. The molecule has 0 spiro atoms. The SMILES string of the molecule is Brc1[nH]c2ccccc2c1CCN1CCCC1. The van der Waals surface area contributed by atoms with Crippen LogP contribution < -0.4 is 0 Å². The van der Waals surface area contributed by atoms with E-state index in [1.54, 1.807) is 0 Å². The molecule has 0 radical (unpaired) electrons. The predicted octanol–water partition coefficient (Wildman–Crippen LogP) is 3.57. The van der Waals surface area contributed by atoms with Gasteiger partial charge in [-0.15, -0.1) is 0 Å². The highest BCUT2D eigenvalue weighted by molar-refractivity contribution is 9.10. The normalized spacial score (nSPS) is 17.0. The van der Waals surface area contributed by atoms with E-state index in [1.807, 2.05) is 0 Å². The van der Waals surface area contributed by atoms with Crippen molar-refractivity contribution in [1.29, 1.82) is 0 Å². The van der Waals surface area contributed by atoms with Crippen LogP contribution in [0.15, 0.2) is 28.9 Å². The average Bonchev–Trinajstić information content (AvgIpc) is 2.93. The summed E-state index contributed by atoms with van der Waals surface area (Å²) in [5.74, 6) is 0. The molecule has 1 aromatic heterocycles. The van der Waals surface area contributed by atoms with Gasteiger partial charge < -0.3 is 9.88 Å². The Bertz CT molecular complexity index is 512. The summed E-state index contributed by atoms with van der Waals surface area (Å²) in [5.41, 5.74) is 2.66. The minimum Gasteiger partial charge on any atom is -0.349 e. The minimum atomic E-state index is 1.13. The summed E-state index contributed by atoms with van der Waals surface area (Å²) in [6, 6.07) is 8.53. The van der Waals surface area contributed by atoms with Crippen molar-refractivity contribution in [3.8, 4) is 0 Å². The van der Waals surface area contributed by atoms with E-state index in [-0.39, 0.29) is 0 Å². The van der Waals surface area contributed by atoms with Crippen molar-refractivity contribution in [3.05, 3.63) is 34.4 Å². The molecule has 3 rings (SSSR count). The van der Waals surface area contributed by atoms with Gasteiger partial charge in [-0.25, -0.2) is 0 Å². The number of hydrogen-bond donors (Lipinski definition) is 1. The summed E-state index contributed by atoms with van der Waals surface area (Å²) in [5, 5.41) is 1.36. The van der Waals surface area contributed by atoms with Crippen LogP contribution in [0.2, 0.25) is 0 Å². The maximum atomic E-state index is 3.65. The number of hydrogen-bond acceptors (Lipinski definition) is 1. The standard InChI is InChI=1S/C14H17BrN2/c15-14-12(7-10-17-8-3-4-9-17)11-5-1-2-6-13(11)16-14/h1-2,5-6,16H,3-4,7-10H2. The first-order chi connectivity index (χ1) is 8.34. The molecule has 1 aromatic carbocycles. The van der Waals surface area contributed by atoms with Crippen LogP contribution in [-0.4, -0.2) is 29.5 Å². The molecule has 1 saturated heterocycles. The summed E-state index contributed by atoms with van der Waals surface area (Å²) in [7, 11) is 0. The number of fused-ring (bicyclic) bond motifs is 1. The number of aromatic amines is 1. The molecule has 1 aliphatic rings. The third kappa shape index (κ3) is 2.26. The van der Waals surface area contributed by atoms with E-state index in [0.29, 0.717) is 0 Å². The van der Waals surface area contributed by atoms with Gasteiger partial charge in [-0.3, -0.25) is 0 Å². The Morgan fingerprint density at radius 2 is 1.94 bits per heavy atom. The molecule has 2 nitrogen and oxygen atoms in total. The van der Waals surface area contributed by atoms with Gasteiger partial charge in [-0.05, 0) is 59.9 Å². The monoisotopic (exact) mass is 292 g/mol. The zero-order chi connectivity index (χ0) is 11.7. The number of likely N-dealkylation sites (tertiary alicyclic amines) is 1. The molecular formula is C14H17BrN2. The zero-order valence-corrected chi connectivity index (χ0v) is 11.5. The maximum absolute atomic E-state index is 3.65. The molecule has 17 heavy (non-hydrogen) atoms. The van der Waals surface area contributed by atoms with Gasteiger partial charge in [-0.1, -0.05) is 18.2 Å². The number of rotatable bonds is 3. The first kappa shape index (κ1) is 11.3. The quantitative estimate of drug-likeness (QED) is 0.916. The summed E-state index contributed by atoms with van der Waals surface area (Å²) in [6.45, 7) is 3.74. The van der Waals surface area contributed by atoms with Crippen molar-refractivity contribution in [2.45, 2.75) is 19.3 Å². The van der Waals surface area contributed by atoms with E-state index in [4.69, 9.17) is 0 Å². The van der Waals surface area contributed by atoms with E-state index >= 15 is 0 Å². The van der Waals surface area contributed by atoms with Crippen LogP contribution in [0.1, 0.15) is 18.4 Å². The van der Waals surface area contributed by atoms with Crippen LogP contribution in [0.5, 0.6) is 0 Å². The van der Waals surface area contributed by atoms with Crippen LogP contribution >= 0.6 is 15.9 Å². The Hall–Kier alpha value is -0.800. The molecule has 1 fully saturated rings. The average molecular weight is 293 g/mol. The van der Waals surface area contributed by atoms with Gasteiger partial charge in [0.2, 0.25) is 0 Å². The van der Waals surface area contributed by atoms with Crippen molar-refractivity contribution in [3.63, 3.8) is 0 Å². The van der Waals surface area contributed by atoms with Gasteiger partial charge in [0.05, 0.1) is 4.60 Å². The predicted molar refractivity (Wildman–Crippen MR) is 75.4 cm³/mol. The van der Waals surface area contributed by atoms with Crippen LogP contribution in [0.3, 0.4) is 0 Å². The molecular weight excluding hydrogens is 276 g/mol. The molecule has 1 aliphatic heterocycles. The number of H-pyrrole nitrogens is 1. The van der Waals surface area contributed by atoms with Gasteiger partial charge in [-0.2, -0.15) is 0 Å². The molecule has 0 aliphatic carbocycles. The minimum absolute atomic E-state index is 1.13. The summed E-state index contributed by atoms with van der Waals surface area (Å²) >= 11 is 3.65. The van der Waals surface area contributed by atoms with E-state index in [1.165, 1.54) is 48.9 Å². The molecule has 2 heterocycles. The van der Waals surface area contributed by atoms with Crippen molar-refractivity contribution in [2.24, 2.45) is 0 Å². The summed E-state index contributed by atoms with van der Waals surface area (Å²) in [6.07, 6.45) is 3.87. The summed E-state index contributed by atoms with van der Waals surface area (Å²) in [4.78, 5) is 5.96. The van der Waals surface area contributed by atoms with Gasteiger partial charge >= 0.3 is 0 Å². The van der Waals surface area contributed by atoms with Crippen LogP contribution in [0.4, 0.5) is 0 Å². The topological polar surface area (TPSA) is 19.0 Å². The first-order valence-electron chi connectivity index (χ1n) is 6.32. The molecule has 0 amide bonds. The van der Waals surface area contributed by atoms with Crippen LogP contribution in [-0.2, 0) is 6.42 Å². The first-order valence-corrected chi connectivity index (χ1v) is 7.11. The third-order valence-electron chi connectivity index (χ3n) is 3.64. The highest BCUT2D eigenvalue weighted by Gasteiger charge is 2.14. The lowest BCUT2D eigenvalue weighted by Gasteiger charge is -2.13. The Morgan fingerprint density at radius 3 is 2.76 bits per heavy atom. The van der Waals surface area contributed by atoms with Gasteiger partial charge in [0.15, 0.2) is 0 Å². The Morgan fingerprint density at radius 1 is 1.18 bits per heavy atom. The second-order valence-electron chi connectivity index (χ2n) is 4.76. The fraction of sp³-hybridized carbons (Fsp3) is 0.429. The number of aromatic nitrogens is 1. The summed E-state index contributed by atoms with van der Waals surface area (Å²) < 4.78 is 1.15. The number of halogens is 1. The fourth-order valence-corrected chi connectivity index (χ4v) is 3.31. The zero-order valence-electron chi connectivity index (χ0n) is 9.88. The third-order valence-corrected chi connectivity index (χ3v) is 4.32. The number of para-hydroxylation sites is 1. The number of nitrogens with one attached hydrogen (secondary N) is 1. The largest absolute Gasteiger partial charge is 0.349 e. The molecule has 2 aromatic rings. The van der Waals surface area contributed by atoms with E-state index in [9.17, 15) is 0 Å². The fourth-order valence-electron chi connectivity index (χ4n) is 2.69. The van der Waals surface area contributed by atoms with Gasteiger partial charge in [0, 0.05) is 17.4 Å². The molecule has 0 atom stereocenters. The van der Waals surface area contributed by atoms with Crippen molar-refractivity contribution < 1.29 is 0 Å². The van der Waals surface area contributed by atoms with E-state index < -0.39 is 0 Å². The molecule has 90 valence electrons. The maximum Gasteiger partial charge on any atom is 0.0863 e. The van der Waals surface area contributed by atoms with Crippen LogP contribution in [0, 0.1) is 0 Å². The lowest BCUT2D eigenvalue weighted by Crippen LogP contribution is -2.21.